The molecule has 2 heterocycles. The first-order valence-corrected chi connectivity index (χ1v) is 14.4. The molecule has 0 saturated carbocycles. The number of hydrogen-bond donors (Lipinski definition) is 1. The molecule has 4 nitrogen and oxygen atoms in total. The Kier molecular flexibility index (Phi) is 7.21. The quantitative estimate of drug-likeness (QED) is 0.198. The average molecular weight is 548 g/mol. The number of aromatic nitrogens is 1. The molecule has 0 bridgehead atoms. The van der Waals surface area contributed by atoms with Gasteiger partial charge < -0.3 is 9.84 Å². The minimum atomic E-state index is -0.988. The number of fused-ring (bicyclic) bond motifs is 1. The van der Waals surface area contributed by atoms with Crippen molar-refractivity contribution in [3.05, 3.63) is 130 Å². The molecule has 6 rings (SSSR count). The summed E-state index contributed by atoms with van der Waals surface area (Å²) in [6.45, 7) is 0. The molecule has 0 saturated heterocycles. The summed E-state index contributed by atoms with van der Waals surface area (Å²) in [5, 5.41) is 14.2. The third kappa shape index (κ3) is 5.48. The monoisotopic (exact) mass is 547 g/mol. The van der Waals surface area contributed by atoms with Crippen molar-refractivity contribution < 1.29 is 14.6 Å². The number of benzene rings is 4. The zero-order chi connectivity index (χ0) is 26.6. The lowest BCUT2D eigenvalue weighted by atomic mass is 9.97. The molecule has 4 aromatic carbocycles. The van der Waals surface area contributed by atoms with Crippen LogP contribution in [0.5, 0.6) is 5.75 Å². The van der Waals surface area contributed by atoms with E-state index < -0.39 is 12.1 Å². The van der Waals surface area contributed by atoms with Gasteiger partial charge in [0.2, 0.25) is 0 Å². The van der Waals surface area contributed by atoms with Crippen LogP contribution in [-0.2, 0) is 17.6 Å². The average Bonchev–Trinajstić information content (AvgIpc) is 3.61. The fourth-order valence-corrected chi connectivity index (χ4v) is 6.75. The highest BCUT2D eigenvalue weighted by Crippen LogP contribution is 2.41. The van der Waals surface area contributed by atoms with Gasteiger partial charge in [-0.15, -0.1) is 22.7 Å². The van der Waals surface area contributed by atoms with Crippen LogP contribution >= 0.6 is 22.7 Å². The Balaban J connectivity index is 1.32. The molecule has 39 heavy (non-hydrogen) atoms. The number of ether oxygens (including phenoxy) is 1. The van der Waals surface area contributed by atoms with Crippen LogP contribution in [0.15, 0.2) is 115 Å². The SMILES string of the molecule is O=C(O)C(Cc1ccccc1)Oc1ccccc1-c1ccc(-c2c(Cc3nccs3)sc3ccccc23)cc1. The van der Waals surface area contributed by atoms with Gasteiger partial charge in [0, 0.05) is 50.5 Å². The molecule has 1 N–H and O–H groups in total. The summed E-state index contributed by atoms with van der Waals surface area (Å²) in [6, 6.07) is 34.2. The standard InChI is InChI=1S/C33H25NO3S2/c35-33(36)28(20-22-8-2-1-3-9-22)37-27-12-6-4-10-25(27)23-14-16-24(17-15-23)32-26-11-5-7-13-29(26)39-30(32)21-31-34-18-19-38-31/h1-19,28H,20-21H2,(H,35,36). The maximum atomic E-state index is 12.1. The first-order valence-electron chi connectivity index (χ1n) is 12.7. The predicted molar refractivity (Wildman–Crippen MR) is 160 cm³/mol. The molecule has 6 heteroatoms. The Morgan fingerprint density at radius 3 is 2.33 bits per heavy atom. The van der Waals surface area contributed by atoms with E-state index in [4.69, 9.17) is 4.74 Å². The number of thiophene rings is 1. The van der Waals surface area contributed by atoms with E-state index in [9.17, 15) is 9.90 Å². The van der Waals surface area contributed by atoms with E-state index in [1.807, 2.05) is 77.5 Å². The molecule has 1 unspecified atom stereocenters. The lowest BCUT2D eigenvalue weighted by molar-refractivity contribution is -0.145. The molecule has 0 amide bonds. The number of rotatable bonds is 9. The Labute approximate surface area is 234 Å². The van der Waals surface area contributed by atoms with Crippen LogP contribution in [0.4, 0.5) is 0 Å². The van der Waals surface area contributed by atoms with Gasteiger partial charge in [-0.3, -0.25) is 0 Å². The molecule has 0 radical (unpaired) electrons. The predicted octanol–water partition coefficient (Wildman–Crippen LogP) is 8.36. The minimum Gasteiger partial charge on any atom is -0.478 e. The molecule has 6 aromatic rings. The molecule has 2 aromatic heterocycles. The third-order valence-corrected chi connectivity index (χ3v) is 8.59. The molecule has 1 atom stereocenters. The highest BCUT2D eigenvalue weighted by Gasteiger charge is 2.22. The van der Waals surface area contributed by atoms with Crippen molar-refractivity contribution in [2.75, 3.05) is 0 Å². The minimum absolute atomic E-state index is 0.288. The van der Waals surface area contributed by atoms with E-state index in [1.165, 1.54) is 20.5 Å². The van der Waals surface area contributed by atoms with Crippen molar-refractivity contribution in [1.29, 1.82) is 0 Å². The number of aliphatic carboxylic acids is 1. The molecule has 192 valence electrons. The molecule has 0 aliphatic carbocycles. The van der Waals surface area contributed by atoms with Crippen molar-refractivity contribution in [2.24, 2.45) is 0 Å². The van der Waals surface area contributed by atoms with Crippen LogP contribution in [0.2, 0.25) is 0 Å². The summed E-state index contributed by atoms with van der Waals surface area (Å²) in [4.78, 5) is 17.9. The van der Waals surface area contributed by atoms with Gasteiger partial charge in [0.25, 0.3) is 0 Å². The van der Waals surface area contributed by atoms with Crippen molar-refractivity contribution in [3.63, 3.8) is 0 Å². The molecule has 0 aliphatic rings. The molecule has 0 fully saturated rings. The summed E-state index contributed by atoms with van der Waals surface area (Å²) >= 11 is 3.50. The smallest absolute Gasteiger partial charge is 0.345 e. The van der Waals surface area contributed by atoms with Gasteiger partial charge in [-0.05, 0) is 28.8 Å². The Morgan fingerprint density at radius 1 is 0.846 bits per heavy atom. The van der Waals surface area contributed by atoms with E-state index in [2.05, 4.69) is 53.5 Å². The number of carboxylic acids is 1. The maximum absolute atomic E-state index is 12.1. The summed E-state index contributed by atoms with van der Waals surface area (Å²) in [5.74, 6) is -0.430. The lowest BCUT2D eigenvalue weighted by Gasteiger charge is -2.18. The van der Waals surface area contributed by atoms with Gasteiger partial charge in [-0.25, -0.2) is 9.78 Å². The molecular formula is C33H25NO3S2. The summed E-state index contributed by atoms with van der Waals surface area (Å²) in [7, 11) is 0. The summed E-state index contributed by atoms with van der Waals surface area (Å²) < 4.78 is 7.36. The van der Waals surface area contributed by atoms with E-state index in [-0.39, 0.29) is 6.42 Å². The van der Waals surface area contributed by atoms with Crippen LogP contribution in [0, 0.1) is 0 Å². The second kappa shape index (κ2) is 11.2. The fraction of sp³-hybridized carbons (Fsp3) is 0.0909. The fourth-order valence-electron chi connectivity index (χ4n) is 4.80. The zero-order valence-corrected chi connectivity index (χ0v) is 22.6. The van der Waals surface area contributed by atoms with Gasteiger partial charge in [0.05, 0.1) is 5.01 Å². The van der Waals surface area contributed by atoms with Crippen LogP contribution in [0.1, 0.15) is 15.4 Å². The van der Waals surface area contributed by atoms with Crippen LogP contribution in [0.25, 0.3) is 32.3 Å². The number of carboxylic acid groups (broad SMARTS) is 1. The largest absolute Gasteiger partial charge is 0.478 e. The molecule has 0 spiro atoms. The van der Waals surface area contributed by atoms with Crippen molar-refractivity contribution in [2.45, 2.75) is 18.9 Å². The van der Waals surface area contributed by atoms with Crippen molar-refractivity contribution in [3.8, 4) is 28.0 Å². The van der Waals surface area contributed by atoms with E-state index in [0.717, 1.165) is 33.7 Å². The highest BCUT2D eigenvalue weighted by atomic mass is 32.1. The van der Waals surface area contributed by atoms with Crippen molar-refractivity contribution >= 4 is 38.7 Å². The number of nitrogens with zero attached hydrogens (tertiary/aromatic N) is 1. The second-order valence-corrected chi connectivity index (χ2v) is 11.3. The third-order valence-electron chi connectivity index (χ3n) is 6.64. The Bertz CT molecular complexity index is 1710. The number of hydrogen-bond acceptors (Lipinski definition) is 5. The lowest BCUT2D eigenvalue weighted by Crippen LogP contribution is -2.29. The number of carbonyl (C=O) groups is 1. The number of para-hydroxylation sites is 1. The van der Waals surface area contributed by atoms with E-state index in [0.29, 0.717) is 5.75 Å². The summed E-state index contributed by atoms with van der Waals surface area (Å²) in [5.41, 5.74) is 5.15. The first kappa shape index (κ1) is 25.0. The molecule has 0 aliphatic heterocycles. The van der Waals surface area contributed by atoms with E-state index in [1.54, 1.807) is 11.3 Å². The van der Waals surface area contributed by atoms with Crippen LogP contribution in [-0.4, -0.2) is 22.2 Å². The van der Waals surface area contributed by atoms with E-state index >= 15 is 0 Å². The molecular weight excluding hydrogens is 523 g/mol. The van der Waals surface area contributed by atoms with Gasteiger partial charge in [-0.1, -0.05) is 91.0 Å². The van der Waals surface area contributed by atoms with Crippen LogP contribution < -0.4 is 4.74 Å². The Morgan fingerprint density at radius 2 is 1.56 bits per heavy atom. The second-order valence-electron chi connectivity index (χ2n) is 9.21. The van der Waals surface area contributed by atoms with Crippen molar-refractivity contribution in [1.82, 2.24) is 4.98 Å². The number of thiazole rings is 1. The van der Waals surface area contributed by atoms with Gasteiger partial charge in [-0.2, -0.15) is 0 Å². The van der Waals surface area contributed by atoms with Crippen LogP contribution in [0.3, 0.4) is 0 Å². The normalized spacial score (nSPS) is 11.9. The topological polar surface area (TPSA) is 59.4 Å². The van der Waals surface area contributed by atoms with Gasteiger partial charge in [0.1, 0.15) is 5.75 Å². The summed E-state index contributed by atoms with van der Waals surface area (Å²) in [6.07, 6.45) is 1.97. The Hall–Kier alpha value is -4.26. The first-order chi connectivity index (χ1) is 19.2. The maximum Gasteiger partial charge on any atom is 0.345 e. The van der Waals surface area contributed by atoms with Gasteiger partial charge >= 0.3 is 5.97 Å². The zero-order valence-electron chi connectivity index (χ0n) is 21.0. The highest BCUT2D eigenvalue weighted by molar-refractivity contribution is 7.20. The van der Waals surface area contributed by atoms with Gasteiger partial charge in [0.15, 0.2) is 6.10 Å².